The van der Waals surface area contributed by atoms with Crippen LogP contribution in [0.1, 0.15) is 22.3 Å². The molecular weight excluding hydrogens is 441 g/mol. The Labute approximate surface area is 197 Å². The minimum atomic E-state index is -0.688. The van der Waals surface area contributed by atoms with Crippen LogP contribution in [-0.4, -0.2) is 76.1 Å². The van der Waals surface area contributed by atoms with E-state index in [-0.39, 0.29) is 24.9 Å². The standard InChI is InChI=1S/C25H28FN3O5/c1-27(2)18-8-9-28(13-18)23-6-3-17(12-22(23)26)29-10-7-16-11-19(4-5-21(16)24(29)30)32-14-20-15-33-25(31)34-20/h3-6,11-12,18,20H,7-10,13-15H2,1-2H3/t18-,20?/m1/s1. The summed E-state index contributed by atoms with van der Waals surface area (Å²) in [6.45, 7) is 2.41. The van der Waals surface area contributed by atoms with Gasteiger partial charge in [-0.2, -0.15) is 0 Å². The van der Waals surface area contributed by atoms with Crippen molar-refractivity contribution in [3.05, 3.63) is 53.3 Å². The summed E-state index contributed by atoms with van der Waals surface area (Å²) in [6, 6.07) is 10.8. The Morgan fingerprint density at radius 1 is 1.15 bits per heavy atom. The first kappa shape index (κ1) is 22.5. The number of cyclic esters (lactones) is 2. The van der Waals surface area contributed by atoms with Gasteiger partial charge in [-0.05, 0) is 68.9 Å². The number of fused-ring (bicyclic) bond motifs is 1. The van der Waals surface area contributed by atoms with Gasteiger partial charge >= 0.3 is 6.16 Å². The molecule has 0 bridgehead atoms. The van der Waals surface area contributed by atoms with Crippen LogP contribution in [0.15, 0.2) is 36.4 Å². The van der Waals surface area contributed by atoms with Crippen LogP contribution in [0.3, 0.4) is 0 Å². The minimum Gasteiger partial charge on any atom is -0.490 e. The van der Waals surface area contributed by atoms with E-state index in [0.29, 0.717) is 41.7 Å². The molecule has 5 rings (SSSR count). The molecule has 9 heteroatoms. The van der Waals surface area contributed by atoms with Crippen LogP contribution in [0, 0.1) is 5.82 Å². The van der Waals surface area contributed by atoms with Gasteiger partial charge in [-0.1, -0.05) is 0 Å². The topological polar surface area (TPSA) is 71.6 Å². The Morgan fingerprint density at radius 2 is 2.00 bits per heavy atom. The maximum atomic E-state index is 15.0. The van der Waals surface area contributed by atoms with Crippen LogP contribution >= 0.6 is 0 Å². The molecule has 0 aliphatic carbocycles. The summed E-state index contributed by atoms with van der Waals surface area (Å²) in [6.07, 6.45) is 0.501. The number of hydrogen-bond donors (Lipinski definition) is 0. The summed E-state index contributed by atoms with van der Waals surface area (Å²) in [4.78, 5) is 30.0. The van der Waals surface area contributed by atoms with Gasteiger partial charge in [0.25, 0.3) is 5.91 Å². The lowest BCUT2D eigenvalue weighted by atomic mass is 9.98. The van der Waals surface area contributed by atoms with Crippen molar-refractivity contribution >= 4 is 23.4 Å². The van der Waals surface area contributed by atoms with Crippen LogP contribution in [0.5, 0.6) is 5.75 Å². The van der Waals surface area contributed by atoms with Gasteiger partial charge in [-0.15, -0.1) is 0 Å². The van der Waals surface area contributed by atoms with Gasteiger partial charge in [0.05, 0.1) is 5.69 Å². The number of carbonyl (C=O) groups is 2. The van der Waals surface area contributed by atoms with E-state index in [4.69, 9.17) is 14.2 Å². The number of carbonyl (C=O) groups excluding carboxylic acids is 2. The van der Waals surface area contributed by atoms with Crippen molar-refractivity contribution in [1.29, 1.82) is 0 Å². The number of ether oxygens (including phenoxy) is 3. The summed E-state index contributed by atoms with van der Waals surface area (Å²) < 4.78 is 30.5. The minimum absolute atomic E-state index is 0.160. The molecule has 0 N–H and O–H groups in total. The molecule has 0 spiro atoms. The molecule has 34 heavy (non-hydrogen) atoms. The molecule has 1 unspecified atom stereocenters. The van der Waals surface area contributed by atoms with Crippen molar-refractivity contribution < 1.29 is 28.2 Å². The average Bonchev–Trinajstić information content (AvgIpc) is 3.47. The fourth-order valence-electron chi connectivity index (χ4n) is 4.74. The van der Waals surface area contributed by atoms with Crippen molar-refractivity contribution in [2.75, 3.05) is 56.7 Å². The highest BCUT2D eigenvalue weighted by Crippen LogP contribution is 2.32. The summed E-state index contributed by atoms with van der Waals surface area (Å²) in [5.74, 6) is 0.128. The van der Waals surface area contributed by atoms with E-state index in [2.05, 4.69) is 9.80 Å². The maximum absolute atomic E-state index is 15.0. The van der Waals surface area contributed by atoms with Crippen LogP contribution in [-0.2, 0) is 15.9 Å². The van der Waals surface area contributed by atoms with E-state index in [9.17, 15) is 9.59 Å². The Morgan fingerprint density at radius 3 is 2.71 bits per heavy atom. The molecular formula is C25H28FN3O5. The van der Waals surface area contributed by atoms with E-state index in [1.54, 1.807) is 23.1 Å². The molecule has 2 aromatic rings. The molecule has 0 aromatic heterocycles. The first-order valence-electron chi connectivity index (χ1n) is 11.5. The van der Waals surface area contributed by atoms with Crippen molar-refractivity contribution in [2.24, 2.45) is 0 Å². The molecule has 2 aromatic carbocycles. The number of rotatable bonds is 6. The van der Waals surface area contributed by atoms with Crippen molar-refractivity contribution in [1.82, 2.24) is 4.90 Å². The quantitative estimate of drug-likeness (QED) is 0.602. The number of likely N-dealkylation sites (N-methyl/N-ethyl adjacent to an activating group) is 1. The van der Waals surface area contributed by atoms with Crippen LogP contribution in [0.2, 0.25) is 0 Å². The second-order valence-corrected chi connectivity index (χ2v) is 9.13. The predicted molar refractivity (Wildman–Crippen MR) is 124 cm³/mol. The van der Waals surface area contributed by atoms with Crippen molar-refractivity contribution in [3.8, 4) is 5.75 Å². The normalized spacial score (nSPS) is 22.1. The molecule has 3 heterocycles. The predicted octanol–water partition coefficient (Wildman–Crippen LogP) is 3.08. The lowest BCUT2D eigenvalue weighted by Crippen LogP contribution is -2.37. The summed E-state index contributed by atoms with van der Waals surface area (Å²) >= 11 is 0. The molecule has 8 nitrogen and oxygen atoms in total. The van der Waals surface area contributed by atoms with Gasteiger partial charge in [0.15, 0.2) is 6.10 Å². The van der Waals surface area contributed by atoms with Gasteiger partial charge in [-0.3, -0.25) is 4.79 Å². The lowest BCUT2D eigenvalue weighted by Gasteiger charge is -2.30. The fraction of sp³-hybridized carbons (Fsp3) is 0.440. The third kappa shape index (κ3) is 4.40. The fourth-order valence-corrected chi connectivity index (χ4v) is 4.74. The van der Waals surface area contributed by atoms with Crippen LogP contribution in [0.25, 0.3) is 0 Å². The van der Waals surface area contributed by atoms with E-state index in [0.717, 1.165) is 25.1 Å². The highest BCUT2D eigenvalue weighted by molar-refractivity contribution is 6.08. The van der Waals surface area contributed by atoms with Crippen LogP contribution in [0.4, 0.5) is 20.6 Å². The zero-order valence-corrected chi connectivity index (χ0v) is 19.3. The smallest absolute Gasteiger partial charge is 0.490 e. The first-order chi connectivity index (χ1) is 16.4. The molecule has 1 amide bonds. The Balaban J connectivity index is 1.26. The second-order valence-electron chi connectivity index (χ2n) is 9.13. The van der Waals surface area contributed by atoms with Gasteiger partial charge < -0.3 is 28.9 Å². The molecule has 3 aliphatic heterocycles. The number of hydrogen-bond acceptors (Lipinski definition) is 7. The summed E-state index contributed by atoms with van der Waals surface area (Å²) in [5, 5.41) is 0. The summed E-state index contributed by atoms with van der Waals surface area (Å²) in [7, 11) is 4.09. The second kappa shape index (κ2) is 9.13. The zero-order chi connectivity index (χ0) is 23.8. The molecule has 2 atom stereocenters. The molecule has 2 fully saturated rings. The first-order valence-corrected chi connectivity index (χ1v) is 11.5. The van der Waals surface area contributed by atoms with Crippen molar-refractivity contribution in [3.63, 3.8) is 0 Å². The Kier molecular flexibility index (Phi) is 6.03. The largest absolute Gasteiger partial charge is 0.508 e. The van der Waals surface area contributed by atoms with Gasteiger partial charge in [0.1, 0.15) is 24.8 Å². The lowest BCUT2D eigenvalue weighted by molar-refractivity contribution is 0.0967. The highest BCUT2D eigenvalue weighted by atomic mass is 19.1. The molecule has 0 saturated carbocycles. The average molecular weight is 470 g/mol. The van der Waals surface area contributed by atoms with E-state index >= 15 is 4.39 Å². The Hall–Kier alpha value is -3.33. The number of anilines is 2. The monoisotopic (exact) mass is 469 g/mol. The third-order valence-electron chi connectivity index (χ3n) is 6.72. The van der Waals surface area contributed by atoms with Crippen molar-refractivity contribution in [2.45, 2.75) is 25.0 Å². The number of amides is 1. The number of nitrogens with zero attached hydrogens (tertiary/aromatic N) is 3. The van der Waals surface area contributed by atoms with Gasteiger partial charge in [0, 0.05) is 36.9 Å². The van der Waals surface area contributed by atoms with E-state index in [1.165, 1.54) is 6.07 Å². The van der Waals surface area contributed by atoms with Gasteiger partial charge in [-0.25, -0.2) is 9.18 Å². The molecule has 180 valence electrons. The van der Waals surface area contributed by atoms with E-state index < -0.39 is 12.3 Å². The highest BCUT2D eigenvalue weighted by Gasteiger charge is 2.29. The molecule has 3 aliphatic rings. The summed E-state index contributed by atoms with van der Waals surface area (Å²) in [5.41, 5.74) is 2.59. The molecule has 0 radical (unpaired) electrons. The Bertz CT molecular complexity index is 1110. The van der Waals surface area contributed by atoms with E-state index in [1.807, 2.05) is 26.2 Å². The van der Waals surface area contributed by atoms with Crippen LogP contribution < -0.4 is 14.5 Å². The zero-order valence-electron chi connectivity index (χ0n) is 19.3. The van der Waals surface area contributed by atoms with Gasteiger partial charge in [0.2, 0.25) is 0 Å². The third-order valence-corrected chi connectivity index (χ3v) is 6.72. The number of halogens is 1. The molecule has 2 saturated heterocycles. The maximum Gasteiger partial charge on any atom is 0.508 e. The number of benzene rings is 2. The SMILES string of the molecule is CN(C)[C@@H]1CCN(c2ccc(N3CCc4cc(OCC5COC(=O)O5)ccc4C3=O)cc2F)C1.